The lowest BCUT2D eigenvalue weighted by atomic mass is 9.89. The Labute approximate surface area is 192 Å². The van der Waals surface area contributed by atoms with Crippen LogP contribution in [0.25, 0.3) is 0 Å². The Morgan fingerprint density at radius 1 is 0.750 bits per heavy atom. The van der Waals surface area contributed by atoms with Gasteiger partial charge in [0.2, 0.25) is 11.8 Å². The van der Waals surface area contributed by atoms with Gasteiger partial charge in [-0.1, -0.05) is 60.7 Å². The summed E-state index contributed by atoms with van der Waals surface area (Å²) in [5.74, 6) is -0.336. The number of benzene rings is 2. The van der Waals surface area contributed by atoms with Crippen LogP contribution in [-0.2, 0) is 22.4 Å². The average molecular weight is 436 g/mol. The van der Waals surface area contributed by atoms with Crippen LogP contribution in [0.15, 0.2) is 60.7 Å². The lowest BCUT2D eigenvalue weighted by Crippen LogP contribution is -2.56. The van der Waals surface area contributed by atoms with Crippen molar-refractivity contribution in [3.63, 3.8) is 0 Å². The van der Waals surface area contributed by atoms with E-state index in [1.165, 1.54) is 11.1 Å². The smallest absolute Gasteiger partial charge is 0.237 e. The topological polar surface area (TPSA) is 70.2 Å². The lowest BCUT2D eigenvalue weighted by Gasteiger charge is -2.30. The van der Waals surface area contributed by atoms with Crippen LogP contribution >= 0.6 is 0 Å². The summed E-state index contributed by atoms with van der Waals surface area (Å²) in [5, 5.41) is 9.36. The molecule has 2 amide bonds. The Bertz CT molecular complexity index is 741. The van der Waals surface area contributed by atoms with E-state index in [2.05, 4.69) is 64.5 Å². The molecule has 3 N–H and O–H groups in total. The number of aryl methyl sites for hydroxylation is 2. The number of carbonyl (C=O) groups excluding carboxylic acids is 2. The van der Waals surface area contributed by atoms with Gasteiger partial charge in [-0.2, -0.15) is 0 Å². The molecular weight excluding hydrogens is 398 g/mol. The number of hydrogen-bond donors (Lipinski definition) is 3. The quantitative estimate of drug-likeness (QED) is 0.446. The second kappa shape index (κ2) is 13.7. The van der Waals surface area contributed by atoms with Gasteiger partial charge < -0.3 is 16.0 Å². The van der Waals surface area contributed by atoms with Gasteiger partial charge in [-0.25, -0.2) is 0 Å². The molecule has 0 radical (unpaired) electrons. The highest BCUT2D eigenvalue weighted by Gasteiger charge is 2.35. The summed E-state index contributed by atoms with van der Waals surface area (Å²) >= 11 is 0. The largest absolute Gasteiger partial charge is 0.356 e. The second-order valence-electron chi connectivity index (χ2n) is 8.65. The van der Waals surface area contributed by atoms with E-state index < -0.39 is 6.04 Å². The summed E-state index contributed by atoms with van der Waals surface area (Å²) in [6.07, 6.45) is 7.69. The van der Waals surface area contributed by atoms with Crippen molar-refractivity contribution in [2.45, 2.75) is 57.4 Å². The molecule has 1 heterocycles. The van der Waals surface area contributed by atoms with E-state index in [1.54, 1.807) is 0 Å². The number of amides is 2. The van der Waals surface area contributed by atoms with Gasteiger partial charge in [-0.3, -0.25) is 9.59 Å². The predicted molar refractivity (Wildman–Crippen MR) is 129 cm³/mol. The summed E-state index contributed by atoms with van der Waals surface area (Å²) in [6, 6.07) is 20.4. The monoisotopic (exact) mass is 435 g/mol. The van der Waals surface area contributed by atoms with Crippen molar-refractivity contribution in [3.8, 4) is 0 Å². The molecule has 1 saturated heterocycles. The Balaban J connectivity index is 1.33. The molecule has 1 aliphatic rings. The minimum Gasteiger partial charge on any atom is -0.356 e. The molecule has 0 aliphatic carbocycles. The molecule has 1 aliphatic heterocycles. The van der Waals surface area contributed by atoms with Gasteiger partial charge in [0, 0.05) is 13.1 Å². The first kappa shape index (κ1) is 24.0. The van der Waals surface area contributed by atoms with Crippen molar-refractivity contribution in [2.24, 2.45) is 5.92 Å². The van der Waals surface area contributed by atoms with Crippen LogP contribution in [-0.4, -0.2) is 37.5 Å². The van der Waals surface area contributed by atoms with Crippen LogP contribution in [0.3, 0.4) is 0 Å². The van der Waals surface area contributed by atoms with Crippen LogP contribution in [0.5, 0.6) is 0 Å². The molecule has 0 unspecified atom stereocenters. The maximum Gasteiger partial charge on any atom is 0.237 e. The first-order chi connectivity index (χ1) is 15.7. The number of unbranched alkanes of at least 4 members (excludes halogenated alkanes) is 2. The highest BCUT2D eigenvalue weighted by molar-refractivity contribution is 5.90. The van der Waals surface area contributed by atoms with Gasteiger partial charge in [0.05, 0.1) is 12.0 Å². The highest BCUT2D eigenvalue weighted by Crippen LogP contribution is 2.17. The number of hydrogen-bond acceptors (Lipinski definition) is 3. The Morgan fingerprint density at radius 2 is 1.28 bits per heavy atom. The van der Waals surface area contributed by atoms with Gasteiger partial charge >= 0.3 is 0 Å². The van der Waals surface area contributed by atoms with Gasteiger partial charge in [0.1, 0.15) is 0 Å². The maximum absolute atomic E-state index is 12.7. The Kier molecular flexibility index (Phi) is 10.3. The van der Waals surface area contributed by atoms with Gasteiger partial charge in [0.25, 0.3) is 0 Å². The summed E-state index contributed by atoms with van der Waals surface area (Å²) in [7, 11) is 0. The van der Waals surface area contributed by atoms with E-state index in [1.807, 2.05) is 12.1 Å². The van der Waals surface area contributed by atoms with E-state index in [4.69, 9.17) is 0 Å². The average Bonchev–Trinajstić information content (AvgIpc) is 2.84. The number of nitrogens with one attached hydrogen (secondary N) is 3. The Hall–Kier alpha value is -2.66. The van der Waals surface area contributed by atoms with Crippen LogP contribution in [0.2, 0.25) is 0 Å². The molecule has 3 rings (SSSR count). The van der Waals surface area contributed by atoms with Crippen molar-refractivity contribution >= 4 is 11.8 Å². The van der Waals surface area contributed by atoms with Crippen molar-refractivity contribution in [1.29, 1.82) is 0 Å². The maximum atomic E-state index is 12.7. The summed E-state index contributed by atoms with van der Waals surface area (Å²) < 4.78 is 0. The molecule has 2 atom stereocenters. The van der Waals surface area contributed by atoms with E-state index in [0.717, 1.165) is 57.9 Å². The zero-order valence-corrected chi connectivity index (χ0v) is 19.0. The zero-order valence-electron chi connectivity index (χ0n) is 19.0. The number of rotatable bonds is 12. The molecule has 5 heteroatoms. The van der Waals surface area contributed by atoms with E-state index >= 15 is 0 Å². The van der Waals surface area contributed by atoms with E-state index in [9.17, 15) is 9.59 Å². The second-order valence-corrected chi connectivity index (χ2v) is 8.65. The third kappa shape index (κ3) is 8.12. The minimum atomic E-state index is -0.429. The van der Waals surface area contributed by atoms with Crippen molar-refractivity contribution in [1.82, 2.24) is 16.0 Å². The molecule has 1 fully saturated rings. The van der Waals surface area contributed by atoms with Crippen molar-refractivity contribution < 1.29 is 9.59 Å². The molecule has 5 nitrogen and oxygen atoms in total. The predicted octanol–water partition coefficient (Wildman–Crippen LogP) is 3.63. The standard InChI is InChI=1S/C27H37N3O2/c31-26(29-19-9-7-16-22-12-3-1-4-13-22)24-18-11-21-28-25(24)27(32)30-20-10-8-17-23-14-5-2-6-15-23/h1-6,12-15,24-25,28H,7-11,16-21H2,(H,29,31)(H,30,32)/t24-,25+/m1/s1. The van der Waals surface area contributed by atoms with Crippen LogP contribution < -0.4 is 16.0 Å². The highest BCUT2D eigenvalue weighted by atomic mass is 16.2. The van der Waals surface area contributed by atoms with Crippen LogP contribution in [0.1, 0.15) is 49.7 Å². The summed E-state index contributed by atoms with van der Waals surface area (Å²) in [6.45, 7) is 2.10. The normalized spacial score (nSPS) is 18.1. The minimum absolute atomic E-state index is 0.00105. The first-order valence-corrected chi connectivity index (χ1v) is 12.1. The van der Waals surface area contributed by atoms with Crippen molar-refractivity contribution in [3.05, 3.63) is 71.8 Å². The molecule has 32 heavy (non-hydrogen) atoms. The summed E-state index contributed by atoms with van der Waals surface area (Å²) in [4.78, 5) is 25.5. The molecule has 2 aromatic carbocycles. The lowest BCUT2D eigenvalue weighted by molar-refractivity contribution is -0.133. The van der Waals surface area contributed by atoms with Gasteiger partial charge in [-0.15, -0.1) is 0 Å². The fraction of sp³-hybridized carbons (Fsp3) is 0.481. The van der Waals surface area contributed by atoms with Crippen molar-refractivity contribution in [2.75, 3.05) is 19.6 Å². The molecular formula is C27H37N3O2. The fourth-order valence-corrected chi connectivity index (χ4v) is 4.31. The Morgan fingerprint density at radius 3 is 1.84 bits per heavy atom. The van der Waals surface area contributed by atoms with E-state index in [0.29, 0.717) is 13.1 Å². The van der Waals surface area contributed by atoms with Gasteiger partial charge in [-0.05, 0) is 69.0 Å². The zero-order chi connectivity index (χ0) is 22.4. The third-order valence-corrected chi connectivity index (χ3v) is 6.15. The van der Waals surface area contributed by atoms with Crippen LogP contribution in [0, 0.1) is 5.92 Å². The molecule has 0 aromatic heterocycles. The molecule has 172 valence electrons. The fourth-order valence-electron chi connectivity index (χ4n) is 4.31. The molecule has 0 saturated carbocycles. The third-order valence-electron chi connectivity index (χ3n) is 6.15. The molecule has 0 bridgehead atoms. The molecule has 0 spiro atoms. The van der Waals surface area contributed by atoms with Crippen LogP contribution in [0.4, 0.5) is 0 Å². The number of carbonyl (C=O) groups is 2. The summed E-state index contributed by atoms with van der Waals surface area (Å²) in [5.41, 5.74) is 2.66. The first-order valence-electron chi connectivity index (χ1n) is 12.1. The number of piperidine rings is 1. The van der Waals surface area contributed by atoms with E-state index in [-0.39, 0.29) is 17.7 Å². The SMILES string of the molecule is O=C(NCCCCc1ccccc1)[C@H]1NCCC[C@H]1C(=O)NCCCCc1ccccc1. The molecule has 2 aromatic rings. The van der Waals surface area contributed by atoms with Gasteiger partial charge in [0.15, 0.2) is 0 Å².